The summed E-state index contributed by atoms with van der Waals surface area (Å²) in [6.07, 6.45) is 1.76. The quantitative estimate of drug-likeness (QED) is 0.888. The lowest BCUT2D eigenvalue weighted by atomic mass is 9.92. The molecule has 2 rings (SSSR count). The highest BCUT2D eigenvalue weighted by molar-refractivity contribution is 6.44. The van der Waals surface area contributed by atoms with Crippen molar-refractivity contribution in [3.63, 3.8) is 0 Å². The SMILES string of the molecule is CC[C@@H]1ON=C(C(=O)Nc2ccccc2)[C@@H]1CC. The van der Waals surface area contributed by atoms with E-state index < -0.39 is 0 Å². The summed E-state index contributed by atoms with van der Waals surface area (Å²) in [7, 11) is 0. The number of oxime groups is 1. The minimum Gasteiger partial charge on any atom is -0.391 e. The van der Waals surface area contributed by atoms with Crippen LogP contribution in [-0.4, -0.2) is 17.7 Å². The predicted octanol–water partition coefficient (Wildman–Crippen LogP) is 2.82. The molecule has 1 aromatic carbocycles. The lowest BCUT2D eigenvalue weighted by Gasteiger charge is -2.14. The van der Waals surface area contributed by atoms with Crippen LogP contribution in [0.3, 0.4) is 0 Å². The van der Waals surface area contributed by atoms with Crippen LogP contribution < -0.4 is 5.32 Å². The molecule has 0 aliphatic carbocycles. The maximum Gasteiger partial charge on any atom is 0.273 e. The molecule has 96 valence electrons. The summed E-state index contributed by atoms with van der Waals surface area (Å²) in [6.45, 7) is 4.09. The van der Waals surface area contributed by atoms with E-state index in [1.807, 2.05) is 44.2 Å². The van der Waals surface area contributed by atoms with Gasteiger partial charge in [-0.25, -0.2) is 0 Å². The summed E-state index contributed by atoms with van der Waals surface area (Å²) in [5.74, 6) is -0.0669. The first-order valence-electron chi connectivity index (χ1n) is 6.36. The predicted molar refractivity (Wildman–Crippen MR) is 71.5 cm³/mol. The molecule has 1 aliphatic heterocycles. The summed E-state index contributed by atoms with van der Waals surface area (Å²) in [6, 6.07) is 9.39. The summed E-state index contributed by atoms with van der Waals surface area (Å²) in [4.78, 5) is 17.4. The first-order chi connectivity index (χ1) is 8.76. The van der Waals surface area contributed by atoms with Gasteiger partial charge >= 0.3 is 0 Å². The molecule has 1 amide bonds. The van der Waals surface area contributed by atoms with Gasteiger partial charge in [0, 0.05) is 11.6 Å². The van der Waals surface area contributed by atoms with Crippen molar-refractivity contribution < 1.29 is 9.63 Å². The van der Waals surface area contributed by atoms with Crippen LogP contribution in [0.25, 0.3) is 0 Å². The fourth-order valence-electron chi connectivity index (χ4n) is 2.18. The fraction of sp³-hybridized carbons (Fsp3) is 0.429. The Morgan fingerprint density at radius 3 is 2.61 bits per heavy atom. The molecule has 4 nitrogen and oxygen atoms in total. The monoisotopic (exact) mass is 246 g/mol. The van der Waals surface area contributed by atoms with Crippen molar-refractivity contribution >= 4 is 17.3 Å². The molecule has 1 aromatic rings. The van der Waals surface area contributed by atoms with Gasteiger partial charge in [-0.15, -0.1) is 0 Å². The highest BCUT2D eigenvalue weighted by Crippen LogP contribution is 2.24. The van der Waals surface area contributed by atoms with Gasteiger partial charge in [-0.05, 0) is 25.0 Å². The minimum atomic E-state index is -0.163. The van der Waals surface area contributed by atoms with Crippen LogP contribution in [0, 0.1) is 5.92 Å². The van der Waals surface area contributed by atoms with Crippen LogP contribution in [0.1, 0.15) is 26.7 Å². The van der Waals surface area contributed by atoms with Crippen molar-refractivity contribution in [3.05, 3.63) is 30.3 Å². The highest BCUT2D eigenvalue weighted by atomic mass is 16.6. The number of nitrogens with one attached hydrogen (secondary N) is 1. The third-order valence-corrected chi connectivity index (χ3v) is 3.19. The largest absolute Gasteiger partial charge is 0.391 e. The van der Waals surface area contributed by atoms with E-state index in [2.05, 4.69) is 10.5 Å². The summed E-state index contributed by atoms with van der Waals surface area (Å²) in [5, 5.41) is 6.78. The second-order valence-corrected chi connectivity index (χ2v) is 4.36. The van der Waals surface area contributed by atoms with Gasteiger partial charge < -0.3 is 10.2 Å². The Hall–Kier alpha value is -1.84. The van der Waals surface area contributed by atoms with Crippen LogP contribution in [0.15, 0.2) is 35.5 Å². The zero-order valence-electron chi connectivity index (χ0n) is 10.7. The lowest BCUT2D eigenvalue weighted by Crippen LogP contribution is -2.31. The molecular weight excluding hydrogens is 228 g/mol. The van der Waals surface area contributed by atoms with Crippen molar-refractivity contribution in [1.82, 2.24) is 0 Å². The van der Waals surface area contributed by atoms with E-state index >= 15 is 0 Å². The highest BCUT2D eigenvalue weighted by Gasteiger charge is 2.35. The number of anilines is 1. The molecule has 0 aromatic heterocycles. The Labute approximate surface area is 107 Å². The van der Waals surface area contributed by atoms with Gasteiger partial charge in [0.2, 0.25) is 0 Å². The van der Waals surface area contributed by atoms with Crippen molar-refractivity contribution in [2.45, 2.75) is 32.8 Å². The third-order valence-electron chi connectivity index (χ3n) is 3.19. The van der Waals surface area contributed by atoms with Gasteiger partial charge in [0.25, 0.3) is 5.91 Å². The molecule has 0 fully saturated rings. The van der Waals surface area contributed by atoms with Crippen LogP contribution in [0.5, 0.6) is 0 Å². The molecule has 18 heavy (non-hydrogen) atoms. The van der Waals surface area contributed by atoms with Crippen molar-refractivity contribution in [3.8, 4) is 0 Å². The second-order valence-electron chi connectivity index (χ2n) is 4.36. The molecule has 0 saturated carbocycles. The summed E-state index contributed by atoms with van der Waals surface area (Å²) in [5.41, 5.74) is 1.29. The number of carbonyl (C=O) groups excluding carboxylic acids is 1. The molecule has 0 saturated heterocycles. The van der Waals surface area contributed by atoms with Crippen LogP contribution >= 0.6 is 0 Å². The maximum absolute atomic E-state index is 12.1. The normalized spacial score (nSPS) is 22.2. The average molecular weight is 246 g/mol. The van der Waals surface area contributed by atoms with Gasteiger partial charge in [0.15, 0.2) is 5.71 Å². The number of carbonyl (C=O) groups is 1. The second kappa shape index (κ2) is 5.67. The standard InChI is InChI=1S/C14H18N2O2/c1-3-11-12(4-2)18-16-13(11)14(17)15-10-8-6-5-7-9-10/h5-9,11-12H,3-4H2,1-2H3,(H,15,17)/t11-,12+/m1/s1. The molecule has 0 radical (unpaired) electrons. The Morgan fingerprint density at radius 1 is 1.28 bits per heavy atom. The zero-order chi connectivity index (χ0) is 13.0. The van der Waals surface area contributed by atoms with E-state index in [-0.39, 0.29) is 17.9 Å². The van der Waals surface area contributed by atoms with Gasteiger partial charge in [-0.2, -0.15) is 0 Å². The summed E-state index contributed by atoms with van der Waals surface area (Å²) >= 11 is 0. The molecule has 0 bridgehead atoms. The molecule has 1 heterocycles. The number of hydrogen-bond donors (Lipinski definition) is 1. The van der Waals surface area contributed by atoms with Crippen LogP contribution in [-0.2, 0) is 9.63 Å². The lowest BCUT2D eigenvalue weighted by molar-refractivity contribution is -0.110. The number of hydrogen-bond acceptors (Lipinski definition) is 3. The van der Waals surface area contributed by atoms with Crippen LogP contribution in [0.2, 0.25) is 0 Å². The number of benzene rings is 1. The molecule has 1 N–H and O–H groups in total. The molecular formula is C14H18N2O2. The number of amides is 1. The Kier molecular flexibility index (Phi) is 3.97. The molecule has 0 spiro atoms. The fourth-order valence-corrected chi connectivity index (χ4v) is 2.18. The van der Waals surface area contributed by atoms with Crippen LogP contribution in [0.4, 0.5) is 5.69 Å². The number of nitrogens with zero attached hydrogens (tertiary/aromatic N) is 1. The van der Waals surface area contributed by atoms with E-state index in [0.717, 1.165) is 18.5 Å². The van der Waals surface area contributed by atoms with Gasteiger partial charge in [-0.3, -0.25) is 4.79 Å². The molecule has 2 atom stereocenters. The van der Waals surface area contributed by atoms with Gasteiger partial charge in [0.05, 0.1) is 0 Å². The van der Waals surface area contributed by atoms with E-state index in [1.165, 1.54) is 0 Å². The first kappa shape index (κ1) is 12.6. The first-order valence-corrected chi connectivity index (χ1v) is 6.36. The van der Waals surface area contributed by atoms with E-state index in [0.29, 0.717) is 5.71 Å². The molecule has 1 aliphatic rings. The Morgan fingerprint density at radius 2 is 2.00 bits per heavy atom. The van der Waals surface area contributed by atoms with E-state index in [9.17, 15) is 4.79 Å². The van der Waals surface area contributed by atoms with E-state index in [1.54, 1.807) is 0 Å². The topological polar surface area (TPSA) is 50.7 Å². The van der Waals surface area contributed by atoms with E-state index in [4.69, 9.17) is 4.84 Å². The molecule has 0 unspecified atom stereocenters. The van der Waals surface area contributed by atoms with Gasteiger partial charge in [-0.1, -0.05) is 37.2 Å². The van der Waals surface area contributed by atoms with Crippen molar-refractivity contribution in [2.24, 2.45) is 11.1 Å². The minimum absolute atomic E-state index is 0.0338. The maximum atomic E-state index is 12.1. The van der Waals surface area contributed by atoms with Crippen molar-refractivity contribution in [1.29, 1.82) is 0 Å². The summed E-state index contributed by atoms with van der Waals surface area (Å²) < 4.78 is 0. The smallest absolute Gasteiger partial charge is 0.273 e. The van der Waals surface area contributed by atoms with Crippen molar-refractivity contribution in [2.75, 3.05) is 5.32 Å². The average Bonchev–Trinajstić information content (AvgIpc) is 2.82. The Balaban J connectivity index is 2.06. The third kappa shape index (κ3) is 2.53. The van der Waals surface area contributed by atoms with Gasteiger partial charge in [0.1, 0.15) is 6.10 Å². The number of para-hydroxylation sites is 1. The Bertz CT molecular complexity index is 442. The molecule has 4 heteroatoms. The zero-order valence-corrected chi connectivity index (χ0v) is 10.7. The number of rotatable bonds is 4.